The van der Waals surface area contributed by atoms with Gasteiger partial charge in [-0.2, -0.15) is 0 Å². The summed E-state index contributed by atoms with van der Waals surface area (Å²) in [5.74, 6) is -2.37. The van der Waals surface area contributed by atoms with Crippen molar-refractivity contribution in [2.24, 2.45) is 0 Å². The Bertz CT molecular complexity index is 1070. The van der Waals surface area contributed by atoms with Gasteiger partial charge in [0.1, 0.15) is 12.1 Å². The number of ether oxygens (including phenoxy) is 1. The lowest BCUT2D eigenvalue weighted by molar-refractivity contribution is -0.147. The summed E-state index contributed by atoms with van der Waals surface area (Å²) in [5.41, 5.74) is 0. The molecular formula is C46H80N2O7. The minimum Gasteiger partial charge on any atom is -0.480 e. The number of carbonyl (C=O) groups is 4. The summed E-state index contributed by atoms with van der Waals surface area (Å²) in [6.45, 7) is 3.35. The second-order valence-corrected chi connectivity index (χ2v) is 14.8. The third kappa shape index (κ3) is 37.5. The van der Waals surface area contributed by atoms with Crippen LogP contribution in [0.2, 0.25) is 0 Å². The van der Waals surface area contributed by atoms with Gasteiger partial charge >= 0.3 is 11.9 Å². The van der Waals surface area contributed by atoms with E-state index >= 15 is 0 Å². The van der Waals surface area contributed by atoms with Crippen LogP contribution in [0.15, 0.2) is 48.6 Å². The SMILES string of the molecule is CC/C=C\C/C=C\C/C=C\C(CCCCCCCCC(=O)NCC(=O)NC(CO)C(=O)O)OC(=O)CCCCCCCCC/C=C\CCCCCCCCC. The molecule has 0 aliphatic rings. The molecule has 0 aliphatic heterocycles. The molecule has 2 atom stereocenters. The van der Waals surface area contributed by atoms with Crippen molar-refractivity contribution in [2.45, 2.75) is 206 Å². The Morgan fingerprint density at radius 1 is 0.582 bits per heavy atom. The number of carboxylic acid groups (broad SMARTS) is 1. The highest BCUT2D eigenvalue weighted by Crippen LogP contribution is 2.16. The van der Waals surface area contributed by atoms with Crippen molar-refractivity contribution in [3.8, 4) is 0 Å². The van der Waals surface area contributed by atoms with E-state index in [1.807, 2.05) is 6.08 Å². The van der Waals surface area contributed by atoms with Gasteiger partial charge in [-0.3, -0.25) is 14.4 Å². The molecule has 0 bridgehead atoms. The Morgan fingerprint density at radius 3 is 1.65 bits per heavy atom. The van der Waals surface area contributed by atoms with Crippen LogP contribution in [0.25, 0.3) is 0 Å². The second-order valence-electron chi connectivity index (χ2n) is 14.8. The molecule has 55 heavy (non-hydrogen) atoms. The Morgan fingerprint density at radius 2 is 1.09 bits per heavy atom. The summed E-state index contributed by atoms with van der Waals surface area (Å²) in [4.78, 5) is 47.4. The topological polar surface area (TPSA) is 142 Å². The van der Waals surface area contributed by atoms with E-state index in [2.05, 4.69) is 67.0 Å². The smallest absolute Gasteiger partial charge is 0.328 e. The van der Waals surface area contributed by atoms with Crippen molar-refractivity contribution < 1.29 is 34.1 Å². The predicted octanol–water partition coefficient (Wildman–Crippen LogP) is 10.8. The quantitative estimate of drug-likeness (QED) is 0.0277. The normalized spacial score (nSPS) is 12.9. The number of carboxylic acids is 1. The number of aliphatic hydroxyl groups is 1. The van der Waals surface area contributed by atoms with Crippen LogP contribution in [0.1, 0.15) is 194 Å². The van der Waals surface area contributed by atoms with E-state index in [1.54, 1.807) is 0 Å². The molecular weight excluding hydrogens is 693 g/mol. The summed E-state index contributed by atoms with van der Waals surface area (Å²) in [5, 5.41) is 22.5. The first-order chi connectivity index (χ1) is 26.8. The molecule has 2 amide bonds. The number of hydrogen-bond acceptors (Lipinski definition) is 6. The van der Waals surface area contributed by atoms with E-state index in [0.717, 1.165) is 70.6 Å². The predicted molar refractivity (Wildman–Crippen MR) is 227 cm³/mol. The van der Waals surface area contributed by atoms with Gasteiger partial charge in [-0.05, 0) is 76.7 Å². The highest BCUT2D eigenvalue weighted by molar-refractivity contribution is 5.87. The Balaban J connectivity index is 4.22. The van der Waals surface area contributed by atoms with Gasteiger partial charge in [-0.25, -0.2) is 4.79 Å². The third-order valence-corrected chi connectivity index (χ3v) is 9.54. The lowest BCUT2D eigenvalue weighted by Gasteiger charge is -2.15. The summed E-state index contributed by atoms with van der Waals surface area (Å²) in [6, 6.07) is -1.38. The lowest BCUT2D eigenvalue weighted by atomic mass is 10.1. The molecule has 4 N–H and O–H groups in total. The molecule has 9 heteroatoms. The van der Waals surface area contributed by atoms with Gasteiger partial charge in [0, 0.05) is 12.8 Å². The number of amides is 2. The summed E-state index contributed by atoms with van der Waals surface area (Å²) in [7, 11) is 0. The Kier molecular flexibility index (Phi) is 38.1. The summed E-state index contributed by atoms with van der Waals surface area (Å²) >= 11 is 0. The van der Waals surface area contributed by atoms with E-state index in [9.17, 15) is 19.2 Å². The van der Waals surface area contributed by atoms with Crippen LogP contribution in [-0.2, 0) is 23.9 Å². The van der Waals surface area contributed by atoms with Crippen molar-refractivity contribution in [1.29, 1.82) is 0 Å². The van der Waals surface area contributed by atoms with E-state index in [-0.39, 0.29) is 24.5 Å². The van der Waals surface area contributed by atoms with Crippen molar-refractivity contribution in [3.05, 3.63) is 48.6 Å². The first kappa shape index (κ1) is 51.8. The van der Waals surface area contributed by atoms with Gasteiger partial charge in [0.25, 0.3) is 0 Å². The van der Waals surface area contributed by atoms with Crippen molar-refractivity contribution in [1.82, 2.24) is 10.6 Å². The lowest BCUT2D eigenvalue weighted by Crippen LogP contribution is -2.47. The van der Waals surface area contributed by atoms with Crippen LogP contribution < -0.4 is 10.6 Å². The van der Waals surface area contributed by atoms with Gasteiger partial charge in [0.05, 0.1) is 13.2 Å². The van der Waals surface area contributed by atoms with Gasteiger partial charge in [-0.1, -0.05) is 153 Å². The molecule has 0 aromatic rings. The maximum absolute atomic E-state index is 12.7. The molecule has 9 nitrogen and oxygen atoms in total. The fraction of sp³-hybridized carbons (Fsp3) is 0.739. The van der Waals surface area contributed by atoms with Crippen LogP contribution in [0.3, 0.4) is 0 Å². The minimum atomic E-state index is -1.38. The zero-order valence-corrected chi connectivity index (χ0v) is 34.9. The molecule has 0 radical (unpaired) electrons. The number of carbonyl (C=O) groups excluding carboxylic acids is 3. The average molecular weight is 773 g/mol. The van der Waals surface area contributed by atoms with E-state index in [4.69, 9.17) is 14.9 Å². The van der Waals surface area contributed by atoms with Gasteiger partial charge in [-0.15, -0.1) is 0 Å². The monoisotopic (exact) mass is 773 g/mol. The molecule has 0 aliphatic carbocycles. The van der Waals surface area contributed by atoms with Crippen molar-refractivity contribution >= 4 is 23.8 Å². The number of nitrogens with one attached hydrogen (secondary N) is 2. The number of aliphatic carboxylic acids is 1. The molecule has 0 fully saturated rings. The molecule has 0 heterocycles. The summed E-state index contributed by atoms with van der Waals surface area (Å²) < 4.78 is 5.91. The van der Waals surface area contributed by atoms with Gasteiger partial charge in [0.15, 0.2) is 0 Å². The van der Waals surface area contributed by atoms with Crippen molar-refractivity contribution in [3.63, 3.8) is 0 Å². The second kappa shape index (κ2) is 40.5. The number of aliphatic hydroxyl groups excluding tert-OH is 1. The van der Waals surface area contributed by atoms with Crippen LogP contribution in [0.4, 0.5) is 0 Å². The highest BCUT2D eigenvalue weighted by Gasteiger charge is 2.18. The maximum atomic E-state index is 12.7. The highest BCUT2D eigenvalue weighted by atomic mass is 16.5. The molecule has 0 rings (SSSR count). The Hall–Kier alpha value is -3.20. The van der Waals surface area contributed by atoms with Crippen molar-refractivity contribution in [2.75, 3.05) is 13.2 Å². The number of unbranched alkanes of at least 4 members (excludes halogenated alkanes) is 19. The molecule has 0 spiro atoms. The molecule has 0 saturated heterocycles. The Labute approximate surface area is 335 Å². The zero-order valence-electron chi connectivity index (χ0n) is 34.9. The minimum absolute atomic E-state index is 0.107. The van der Waals surface area contributed by atoms with Gasteiger partial charge < -0.3 is 25.6 Å². The molecule has 0 aromatic heterocycles. The molecule has 0 saturated carbocycles. The molecule has 0 aromatic carbocycles. The standard InChI is InChI=1S/C46H80N2O7/c1-3-5-7-9-11-13-14-15-16-17-18-19-20-21-22-24-30-34-38-45(52)55-41(35-31-27-23-12-10-8-6-4-2)36-32-28-25-26-29-33-37-43(50)47-39-44(51)48-42(40-49)46(53)54/h6,8,12,16-17,23,31,35,41-42,49H,3-5,7,9-11,13-15,18-22,24-30,32-34,36-40H2,1-2H3,(H,47,50)(H,48,51)(H,53,54)/b8-6-,17-16-,23-12-,35-31-. The number of esters is 1. The largest absolute Gasteiger partial charge is 0.480 e. The first-order valence-electron chi connectivity index (χ1n) is 22.0. The van der Waals surface area contributed by atoms with Gasteiger partial charge in [0.2, 0.25) is 11.8 Å². The van der Waals surface area contributed by atoms with Crippen LogP contribution in [0.5, 0.6) is 0 Å². The average Bonchev–Trinajstić information content (AvgIpc) is 3.17. The van der Waals surface area contributed by atoms with Crippen LogP contribution in [0, 0.1) is 0 Å². The van der Waals surface area contributed by atoms with Crippen LogP contribution in [-0.4, -0.2) is 59.3 Å². The molecule has 316 valence electrons. The maximum Gasteiger partial charge on any atom is 0.328 e. The fourth-order valence-corrected chi connectivity index (χ4v) is 6.17. The van der Waals surface area contributed by atoms with E-state index in [1.165, 1.54) is 89.9 Å². The van der Waals surface area contributed by atoms with Crippen LogP contribution >= 0.6 is 0 Å². The first-order valence-corrected chi connectivity index (χ1v) is 22.0. The van der Waals surface area contributed by atoms with E-state index in [0.29, 0.717) is 19.3 Å². The molecule has 2 unspecified atom stereocenters. The number of hydrogen-bond donors (Lipinski definition) is 4. The number of rotatable bonds is 39. The van der Waals surface area contributed by atoms with E-state index < -0.39 is 24.5 Å². The fourth-order valence-electron chi connectivity index (χ4n) is 6.17. The third-order valence-electron chi connectivity index (χ3n) is 9.54. The zero-order chi connectivity index (χ0) is 40.5. The summed E-state index contributed by atoms with van der Waals surface area (Å²) in [6.07, 6.45) is 47.4. The number of allylic oxidation sites excluding steroid dienone is 7.